The van der Waals surface area contributed by atoms with Gasteiger partial charge in [0.2, 0.25) is 6.39 Å². The lowest BCUT2D eigenvalue weighted by molar-refractivity contribution is 0.339. The number of nitrogens with two attached hydrogens (primary N) is 1. The highest BCUT2D eigenvalue weighted by Gasteiger charge is 2.05. The Labute approximate surface area is 103 Å². The number of rotatable bonds is 5. The zero-order valence-electron chi connectivity index (χ0n) is 9.42. The van der Waals surface area contributed by atoms with Gasteiger partial charge in [0, 0.05) is 10.6 Å². The van der Waals surface area contributed by atoms with Gasteiger partial charge < -0.3 is 15.0 Å². The molecule has 0 radical (unpaired) electrons. The quantitative estimate of drug-likeness (QED) is 0.649. The second kappa shape index (κ2) is 5.58. The van der Waals surface area contributed by atoms with Gasteiger partial charge >= 0.3 is 0 Å². The molecule has 0 bridgehead atoms. The molecule has 0 aliphatic rings. The van der Waals surface area contributed by atoms with Crippen molar-refractivity contribution in [3.63, 3.8) is 0 Å². The minimum atomic E-state index is 0.621. The summed E-state index contributed by atoms with van der Waals surface area (Å²) in [6.07, 6.45) is 1.32. The molecule has 0 saturated heterocycles. The van der Waals surface area contributed by atoms with Crippen molar-refractivity contribution in [3.05, 3.63) is 30.4 Å². The van der Waals surface area contributed by atoms with Crippen LogP contribution < -0.4 is 10.5 Å². The second-order valence-corrected chi connectivity index (χ2v) is 4.29. The average molecular weight is 251 g/mol. The van der Waals surface area contributed by atoms with Crippen LogP contribution in [-0.4, -0.2) is 16.7 Å². The molecule has 90 valence electrons. The molecule has 0 saturated carbocycles. The smallest absolute Gasteiger partial charge is 0.213 e. The van der Waals surface area contributed by atoms with E-state index in [2.05, 4.69) is 14.7 Å². The average Bonchev–Trinajstić information content (AvgIpc) is 2.83. The van der Waals surface area contributed by atoms with Gasteiger partial charge in [-0.15, -0.1) is 11.8 Å². The molecule has 0 atom stereocenters. The minimum absolute atomic E-state index is 0.621. The van der Waals surface area contributed by atoms with Crippen molar-refractivity contribution in [2.24, 2.45) is 0 Å². The number of ether oxygens (including phenoxy) is 1. The molecule has 1 aromatic heterocycles. The molecule has 1 heterocycles. The van der Waals surface area contributed by atoms with Crippen LogP contribution in [0, 0.1) is 0 Å². The van der Waals surface area contributed by atoms with Crippen LogP contribution in [0.1, 0.15) is 12.7 Å². The van der Waals surface area contributed by atoms with Gasteiger partial charge in [-0.1, -0.05) is 5.16 Å². The normalized spacial score (nSPS) is 10.4. The Morgan fingerprint density at radius 2 is 2.35 bits per heavy atom. The summed E-state index contributed by atoms with van der Waals surface area (Å²) < 4.78 is 10.1. The van der Waals surface area contributed by atoms with E-state index >= 15 is 0 Å². The number of hydrogen-bond donors (Lipinski definition) is 1. The molecular formula is C11H13N3O2S. The van der Waals surface area contributed by atoms with E-state index in [9.17, 15) is 0 Å². The van der Waals surface area contributed by atoms with Crippen molar-refractivity contribution in [1.82, 2.24) is 10.1 Å². The molecule has 0 aliphatic heterocycles. The second-order valence-electron chi connectivity index (χ2n) is 3.27. The van der Waals surface area contributed by atoms with E-state index < -0.39 is 0 Å². The first-order chi connectivity index (χ1) is 8.29. The Morgan fingerprint density at radius 3 is 3.06 bits per heavy atom. The van der Waals surface area contributed by atoms with Crippen LogP contribution in [0.2, 0.25) is 0 Å². The maximum absolute atomic E-state index is 5.88. The molecule has 1 aromatic carbocycles. The van der Waals surface area contributed by atoms with Crippen molar-refractivity contribution in [3.8, 4) is 5.75 Å². The summed E-state index contributed by atoms with van der Waals surface area (Å²) in [5.41, 5.74) is 6.61. The summed E-state index contributed by atoms with van der Waals surface area (Å²) in [4.78, 5) is 4.91. The van der Waals surface area contributed by atoms with E-state index in [4.69, 9.17) is 10.5 Å². The highest BCUT2D eigenvalue weighted by Crippen LogP contribution is 2.30. The van der Waals surface area contributed by atoms with Gasteiger partial charge in [0.25, 0.3) is 0 Å². The minimum Gasteiger partial charge on any atom is -0.494 e. The fraction of sp³-hybridized carbons (Fsp3) is 0.273. The van der Waals surface area contributed by atoms with Gasteiger partial charge in [-0.25, -0.2) is 0 Å². The Hall–Kier alpha value is -1.69. The van der Waals surface area contributed by atoms with Crippen molar-refractivity contribution < 1.29 is 9.26 Å². The summed E-state index contributed by atoms with van der Waals surface area (Å²) in [6.45, 7) is 2.58. The predicted molar refractivity (Wildman–Crippen MR) is 65.9 cm³/mol. The number of anilines is 1. The van der Waals surface area contributed by atoms with Crippen LogP contribution in [-0.2, 0) is 5.75 Å². The first-order valence-corrected chi connectivity index (χ1v) is 6.18. The zero-order valence-corrected chi connectivity index (χ0v) is 10.2. The van der Waals surface area contributed by atoms with Gasteiger partial charge in [-0.05, 0) is 25.1 Å². The van der Waals surface area contributed by atoms with Crippen LogP contribution in [0.5, 0.6) is 5.75 Å². The third-order valence-corrected chi connectivity index (χ3v) is 3.13. The van der Waals surface area contributed by atoms with E-state index in [0.29, 0.717) is 18.2 Å². The lowest BCUT2D eigenvalue weighted by atomic mass is 10.3. The van der Waals surface area contributed by atoms with E-state index in [1.807, 2.05) is 25.1 Å². The molecule has 17 heavy (non-hydrogen) atoms. The fourth-order valence-corrected chi connectivity index (χ4v) is 2.14. The summed E-state index contributed by atoms with van der Waals surface area (Å²) in [5, 5.41) is 3.74. The first kappa shape index (κ1) is 11.8. The third-order valence-electron chi connectivity index (χ3n) is 2.06. The Kier molecular flexibility index (Phi) is 3.87. The number of aromatic nitrogens is 2. The summed E-state index contributed by atoms with van der Waals surface area (Å²) in [5.74, 6) is 2.09. The van der Waals surface area contributed by atoms with Gasteiger partial charge in [0.15, 0.2) is 5.82 Å². The molecule has 2 rings (SSSR count). The topological polar surface area (TPSA) is 74.2 Å². The third kappa shape index (κ3) is 3.13. The molecule has 0 amide bonds. The number of nitrogen functional groups attached to an aromatic ring is 1. The molecule has 0 unspecified atom stereocenters. The monoisotopic (exact) mass is 251 g/mol. The molecule has 0 spiro atoms. The Bertz CT molecular complexity index is 474. The van der Waals surface area contributed by atoms with Crippen LogP contribution in [0.4, 0.5) is 5.69 Å². The number of hydrogen-bond acceptors (Lipinski definition) is 6. The lowest BCUT2D eigenvalue weighted by Gasteiger charge is -2.07. The molecule has 0 fully saturated rings. The highest BCUT2D eigenvalue weighted by atomic mass is 32.2. The van der Waals surface area contributed by atoms with Gasteiger partial charge in [-0.2, -0.15) is 4.98 Å². The Balaban J connectivity index is 2.06. The maximum atomic E-state index is 5.88. The first-order valence-electron chi connectivity index (χ1n) is 5.20. The standard InChI is InChI=1S/C11H13N3O2S/c1-2-15-8-3-4-9(12)10(5-8)17-6-11-13-7-16-14-11/h3-5,7H,2,6,12H2,1H3. The maximum Gasteiger partial charge on any atom is 0.213 e. The van der Waals surface area contributed by atoms with Crippen molar-refractivity contribution in [1.29, 1.82) is 0 Å². The summed E-state index contributed by atoms with van der Waals surface area (Å²) in [6, 6.07) is 5.62. The summed E-state index contributed by atoms with van der Waals surface area (Å²) >= 11 is 1.55. The number of benzene rings is 1. The van der Waals surface area contributed by atoms with Crippen molar-refractivity contribution in [2.45, 2.75) is 17.6 Å². The van der Waals surface area contributed by atoms with Crippen LogP contribution in [0.25, 0.3) is 0 Å². The largest absolute Gasteiger partial charge is 0.494 e. The molecule has 2 aromatic rings. The SMILES string of the molecule is CCOc1ccc(N)c(SCc2ncon2)c1. The van der Waals surface area contributed by atoms with Crippen molar-refractivity contribution >= 4 is 17.4 Å². The number of nitrogens with zero attached hydrogens (tertiary/aromatic N) is 2. The van der Waals surface area contributed by atoms with Gasteiger partial charge in [0.05, 0.1) is 12.4 Å². The van der Waals surface area contributed by atoms with Crippen LogP contribution in [0.3, 0.4) is 0 Å². The molecule has 5 nitrogen and oxygen atoms in total. The van der Waals surface area contributed by atoms with E-state index in [1.165, 1.54) is 6.39 Å². The highest BCUT2D eigenvalue weighted by molar-refractivity contribution is 7.98. The molecular weight excluding hydrogens is 238 g/mol. The van der Waals surface area contributed by atoms with Gasteiger partial charge in [-0.3, -0.25) is 0 Å². The molecule has 2 N–H and O–H groups in total. The van der Waals surface area contributed by atoms with E-state index in [0.717, 1.165) is 16.3 Å². The molecule has 6 heteroatoms. The van der Waals surface area contributed by atoms with Crippen LogP contribution >= 0.6 is 11.8 Å². The van der Waals surface area contributed by atoms with Crippen LogP contribution in [0.15, 0.2) is 34.0 Å². The fourth-order valence-electron chi connectivity index (χ4n) is 1.29. The van der Waals surface area contributed by atoms with Gasteiger partial charge in [0.1, 0.15) is 5.75 Å². The Morgan fingerprint density at radius 1 is 1.47 bits per heavy atom. The van der Waals surface area contributed by atoms with Crippen molar-refractivity contribution in [2.75, 3.05) is 12.3 Å². The van der Waals surface area contributed by atoms with E-state index in [-0.39, 0.29) is 0 Å². The number of thioether (sulfide) groups is 1. The van der Waals surface area contributed by atoms with E-state index in [1.54, 1.807) is 11.8 Å². The summed E-state index contributed by atoms with van der Waals surface area (Å²) in [7, 11) is 0. The predicted octanol–water partition coefficient (Wildman–Crippen LogP) is 2.34. The zero-order chi connectivity index (χ0) is 12.1. The lowest BCUT2D eigenvalue weighted by Crippen LogP contribution is -1.94. The molecule has 0 aliphatic carbocycles.